The predicted molar refractivity (Wildman–Crippen MR) is 202 cm³/mol. The van der Waals surface area contributed by atoms with E-state index < -0.39 is 0 Å². The molecular formula is C44H50HfSi. The van der Waals surface area contributed by atoms with Crippen LogP contribution in [0.3, 0.4) is 0 Å². The Morgan fingerprint density at radius 2 is 1.26 bits per heavy atom. The van der Waals surface area contributed by atoms with Crippen LogP contribution >= 0.6 is 0 Å². The van der Waals surface area contributed by atoms with Crippen molar-refractivity contribution in [2.24, 2.45) is 0 Å². The van der Waals surface area contributed by atoms with E-state index in [0.29, 0.717) is 15.4 Å². The van der Waals surface area contributed by atoms with Crippen LogP contribution in [0.5, 0.6) is 0 Å². The average molecular weight is 785 g/mol. The molecule has 1 aliphatic rings. The topological polar surface area (TPSA) is 0 Å². The minimum Gasteiger partial charge on any atom is -0.358 e. The van der Waals surface area contributed by atoms with Crippen LogP contribution in [-0.2, 0) is 36.7 Å². The Hall–Kier alpha value is -2.68. The van der Waals surface area contributed by atoms with E-state index in [1.807, 2.05) is 0 Å². The van der Waals surface area contributed by atoms with Crippen LogP contribution in [0.4, 0.5) is 0 Å². The zero-order valence-electron chi connectivity index (χ0n) is 29.2. The van der Waals surface area contributed by atoms with E-state index in [9.17, 15) is 0 Å². The monoisotopic (exact) mass is 786 g/mol. The van der Waals surface area contributed by atoms with Crippen molar-refractivity contribution in [2.75, 3.05) is 0 Å². The number of unbranched alkanes of at least 4 members (excludes halogenated alkanes) is 1. The van der Waals surface area contributed by atoms with Crippen LogP contribution in [0.2, 0.25) is 0 Å². The molecule has 0 saturated heterocycles. The summed E-state index contributed by atoms with van der Waals surface area (Å²) < 4.78 is 0. The molecule has 5 aromatic rings. The molecule has 234 valence electrons. The standard InChI is InChI=1S/C42H44Si.2CH3.Hf/c1-8-9-13-37-36-16-11-15-35(29-19-23-32(24-20-29)42(5,6)7)39(36)27-40(37)43-33-25-30-12-10-14-34(38(30)26-33)28-17-21-31(22-18-28)41(2,3)4;;;/h10-12,14-27,37H,1,8-9,13H2,2-7H3;2*1H3;/q-2;2*-1;+4. The summed E-state index contributed by atoms with van der Waals surface area (Å²) in [6.45, 7) is 17.8. The summed E-state index contributed by atoms with van der Waals surface area (Å²) >= 11 is 0. The largest absolute Gasteiger partial charge is 4.00 e. The summed E-state index contributed by atoms with van der Waals surface area (Å²) in [7, 11) is 0.659. The number of fused-ring (bicyclic) bond motifs is 2. The van der Waals surface area contributed by atoms with Crippen LogP contribution in [-0.4, -0.2) is 9.52 Å². The second-order valence-electron chi connectivity index (χ2n) is 14.3. The van der Waals surface area contributed by atoms with Gasteiger partial charge < -0.3 is 21.8 Å². The minimum absolute atomic E-state index is 0. The van der Waals surface area contributed by atoms with E-state index >= 15 is 0 Å². The molecule has 0 saturated carbocycles. The Labute approximate surface area is 301 Å². The smallest absolute Gasteiger partial charge is 0.358 e. The molecule has 0 aromatic heterocycles. The zero-order chi connectivity index (χ0) is 30.4. The van der Waals surface area contributed by atoms with Crippen LogP contribution in [0.25, 0.3) is 39.1 Å². The molecule has 0 fully saturated rings. The van der Waals surface area contributed by atoms with E-state index in [4.69, 9.17) is 0 Å². The first-order valence-corrected chi connectivity index (χ1v) is 16.8. The van der Waals surface area contributed by atoms with Crippen molar-refractivity contribution in [3.8, 4) is 22.3 Å². The van der Waals surface area contributed by atoms with Crippen LogP contribution in [0.15, 0.2) is 102 Å². The van der Waals surface area contributed by atoms with E-state index in [-0.39, 0.29) is 51.5 Å². The number of hydrogen-bond donors (Lipinski definition) is 0. The Balaban J connectivity index is 0.00000192. The summed E-state index contributed by atoms with van der Waals surface area (Å²) in [5.41, 5.74) is 11.3. The molecular weight excluding hydrogens is 735 g/mol. The first-order valence-electron chi connectivity index (χ1n) is 15.8. The molecule has 0 nitrogen and oxygen atoms in total. The molecule has 1 unspecified atom stereocenters. The van der Waals surface area contributed by atoms with Gasteiger partial charge in [0, 0.05) is 5.92 Å². The van der Waals surface area contributed by atoms with Gasteiger partial charge in [0.25, 0.3) is 0 Å². The fraction of sp³-hybridized carbons (Fsp3) is 0.273. The molecule has 5 aromatic carbocycles. The van der Waals surface area contributed by atoms with Crippen LogP contribution in [0, 0.1) is 21.8 Å². The molecule has 2 heteroatoms. The van der Waals surface area contributed by atoms with Crippen molar-refractivity contribution in [1.82, 2.24) is 0 Å². The maximum Gasteiger partial charge on any atom is 4.00 e. The number of rotatable bonds is 7. The molecule has 0 heterocycles. The van der Waals surface area contributed by atoms with Gasteiger partial charge in [0.1, 0.15) is 0 Å². The van der Waals surface area contributed by atoms with Gasteiger partial charge >= 0.3 is 25.8 Å². The fourth-order valence-electron chi connectivity index (χ4n) is 6.53. The van der Waals surface area contributed by atoms with Crippen molar-refractivity contribution >= 4 is 31.6 Å². The number of hydrogen-bond acceptors (Lipinski definition) is 0. The van der Waals surface area contributed by atoms with E-state index in [1.165, 1.54) is 60.5 Å². The van der Waals surface area contributed by atoms with Crippen molar-refractivity contribution in [3.05, 3.63) is 146 Å². The Kier molecular flexibility index (Phi) is 12.3. The number of allylic oxidation sites excluding steroid dienone is 1. The third-order valence-electron chi connectivity index (χ3n) is 9.10. The Bertz CT molecular complexity index is 1770. The van der Waals surface area contributed by atoms with Gasteiger partial charge in [0.05, 0.1) is 9.52 Å². The van der Waals surface area contributed by atoms with Crippen molar-refractivity contribution < 1.29 is 25.8 Å². The summed E-state index contributed by atoms with van der Waals surface area (Å²) in [5.74, 6) is 0.464. The van der Waals surface area contributed by atoms with Gasteiger partial charge in [-0.15, -0.1) is 34.2 Å². The predicted octanol–water partition coefficient (Wildman–Crippen LogP) is 11.9. The van der Waals surface area contributed by atoms with Crippen molar-refractivity contribution in [2.45, 2.75) is 77.6 Å². The molecule has 0 N–H and O–H groups in total. The normalized spacial score (nSPS) is 14.2. The summed E-state index contributed by atoms with van der Waals surface area (Å²) in [5, 5.41) is 5.70. The first-order chi connectivity index (χ1) is 20.5. The SMILES string of the molecule is [CH2-]CCCC1C([Si]c2cc3c(-c4ccc(C(C)(C)C)cc4)cccc3[cH-]2)=Cc2c(-c3ccc(C(C)(C)C)cc3)cccc21.[CH3-].[CH3-].[Hf+4]. The molecule has 1 atom stereocenters. The van der Waals surface area contributed by atoms with E-state index in [1.54, 1.807) is 5.20 Å². The summed E-state index contributed by atoms with van der Waals surface area (Å²) in [6, 6.07) is 37.0. The van der Waals surface area contributed by atoms with Crippen LogP contribution < -0.4 is 5.19 Å². The van der Waals surface area contributed by atoms with Crippen molar-refractivity contribution in [3.63, 3.8) is 0 Å². The van der Waals surface area contributed by atoms with Gasteiger partial charge in [-0.25, -0.2) is 0 Å². The van der Waals surface area contributed by atoms with Gasteiger partial charge in [0.2, 0.25) is 0 Å². The molecule has 1 aliphatic carbocycles. The molecule has 0 spiro atoms. The quantitative estimate of drug-likeness (QED) is 0.114. The third-order valence-corrected chi connectivity index (χ3v) is 10.5. The van der Waals surface area contributed by atoms with Crippen LogP contribution in [0.1, 0.15) is 89.0 Å². The molecule has 0 bridgehead atoms. The van der Waals surface area contributed by atoms with Gasteiger partial charge in [-0.2, -0.15) is 12.5 Å². The maximum atomic E-state index is 4.17. The average Bonchev–Trinajstić information content (AvgIpc) is 3.55. The zero-order valence-corrected chi connectivity index (χ0v) is 33.8. The minimum atomic E-state index is 0. The van der Waals surface area contributed by atoms with E-state index in [2.05, 4.69) is 152 Å². The molecule has 0 aliphatic heterocycles. The maximum absolute atomic E-state index is 4.17. The van der Waals surface area contributed by atoms with Crippen molar-refractivity contribution in [1.29, 1.82) is 0 Å². The van der Waals surface area contributed by atoms with Gasteiger partial charge in [-0.1, -0.05) is 138 Å². The Morgan fingerprint density at radius 3 is 1.83 bits per heavy atom. The molecule has 46 heavy (non-hydrogen) atoms. The van der Waals surface area contributed by atoms with E-state index in [0.717, 1.165) is 19.3 Å². The summed E-state index contributed by atoms with van der Waals surface area (Å²) in [4.78, 5) is 0. The number of benzene rings is 4. The molecule has 6 rings (SSSR count). The second kappa shape index (κ2) is 15.0. The summed E-state index contributed by atoms with van der Waals surface area (Å²) in [6.07, 6.45) is 5.81. The fourth-order valence-corrected chi connectivity index (χ4v) is 8.00. The molecule has 0 amide bonds. The Morgan fingerprint density at radius 1 is 0.717 bits per heavy atom. The second-order valence-corrected chi connectivity index (χ2v) is 15.7. The molecule has 2 radical (unpaired) electrons. The third kappa shape index (κ3) is 7.71. The van der Waals surface area contributed by atoms with Gasteiger partial charge in [-0.3, -0.25) is 0 Å². The van der Waals surface area contributed by atoms with Gasteiger partial charge in [-0.05, 0) is 56.2 Å². The van der Waals surface area contributed by atoms with Gasteiger partial charge in [0.15, 0.2) is 0 Å². The first kappa shape index (κ1) is 37.8.